The van der Waals surface area contributed by atoms with E-state index in [0.717, 1.165) is 16.8 Å². The highest BCUT2D eigenvalue weighted by Crippen LogP contribution is 2.29. The minimum atomic E-state index is -0.250. The largest absolute Gasteiger partial charge is 0.483 e. The molecule has 0 aliphatic carbocycles. The second-order valence-corrected chi connectivity index (χ2v) is 5.81. The third-order valence-corrected chi connectivity index (χ3v) is 4.00. The summed E-state index contributed by atoms with van der Waals surface area (Å²) in [5.41, 5.74) is 4.31. The van der Waals surface area contributed by atoms with Gasteiger partial charge in [0.05, 0.1) is 0 Å². The van der Waals surface area contributed by atoms with E-state index >= 15 is 0 Å². The zero-order valence-corrected chi connectivity index (χ0v) is 15.2. The van der Waals surface area contributed by atoms with Crippen LogP contribution in [0, 0.1) is 0 Å². The van der Waals surface area contributed by atoms with Gasteiger partial charge in [0.1, 0.15) is 0 Å². The number of hydrogen-bond donors (Lipinski definition) is 2. The lowest BCUT2D eigenvalue weighted by Crippen LogP contribution is -2.16. The molecule has 0 radical (unpaired) electrons. The van der Waals surface area contributed by atoms with E-state index in [9.17, 15) is 4.79 Å². The van der Waals surface area contributed by atoms with Crippen molar-refractivity contribution in [3.05, 3.63) is 54.1 Å². The normalized spacial score (nSPS) is 11.2. The van der Waals surface area contributed by atoms with Crippen molar-refractivity contribution >= 4 is 18.1 Å². The van der Waals surface area contributed by atoms with Crippen molar-refractivity contribution in [1.82, 2.24) is 4.90 Å². The van der Waals surface area contributed by atoms with Crippen molar-refractivity contribution < 1.29 is 14.7 Å². The Morgan fingerprint density at radius 1 is 1.16 bits per heavy atom. The molecule has 2 rings (SSSR count). The van der Waals surface area contributed by atoms with E-state index in [1.54, 1.807) is 0 Å². The average Bonchev–Trinajstić information content (AvgIpc) is 2.62. The number of nitrogens with one attached hydrogen (secondary N) is 1. The minimum absolute atomic E-state index is 0.0327. The van der Waals surface area contributed by atoms with E-state index in [0.29, 0.717) is 12.5 Å². The Kier molecular flexibility index (Phi) is 8.36. The van der Waals surface area contributed by atoms with Crippen LogP contribution < -0.4 is 5.32 Å². The quantitative estimate of drug-likeness (QED) is 0.805. The molecule has 2 N–H and O–H groups in total. The van der Waals surface area contributed by atoms with Gasteiger partial charge in [-0.05, 0) is 38.2 Å². The van der Waals surface area contributed by atoms with Crippen LogP contribution in [0.2, 0.25) is 0 Å². The van der Waals surface area contributed by atoms with Crippen molar-refractivity contribution in [3.8, 4) is 11.1 Å². The van der Waals surface area contributed by atoms with Gasteiger partial charge in [-0.25, -0.2) is 0 Å². The highest BCUT2D eigenvalue weighted by atomic mass is 16.3. The Labute approximate surface area is 149 Å². The Morgan fingerprint density at radius 3 is 2.24 bits per heavy atom. The number of rotatable bonds is 5. The predicted molar refractivity (Wildman–Crippen MR) is 102 cm³/mol. The fraction of sp³-hybridized carbons (Fsp3) is 0.300. The standard InChI is InChI=1S/C19H24N2O.CH2O2/c1-5-19(22)20-18-9-7-6-8-17(18)16-12-10-15(11-13-16)14(2)21(3)4;2-1-3/h6-14H,5H2,1-4H3,(H,20,22);1H,(H,2,3). The second-order valence-electron chi connectivity index (χ2n) is 5.81. The van der Waals surface area contributed by atoms with Gasteiger partial charge in [0.2, 0.25) is 5.91 Å². The first-order chi connectivity index (χ1) is 11.9. The first-order valence-corrected chi connectivity index (χ1v) is 8.18. The summed E-state index contributed by atoms with van der Waals surface area (Å²) >= 11 is 0. The summed E-state index contributed by atoms with van der Waals surface area (Å²) in [5.74, 6) is 0.0327. The number of benzene rings is 2. The molecule has 0 saturated heterocycles. The van der Waals surface area contributed by atoms with Crippen LogP contribution in [0.3, 0.4) is 0 Å². The van der Waals surface area contributed by atoms with Crippen LogP contribution in [0.5, 0.6) is 0 Å². The summed E-state index contributed by atoms with van der Waals surface area (Å²) < 4.78 is 0. The van der Waals surface area contributed by atoms with Crippen molar-refractivity contribution in [1.29, 1.82) is 0 Å². The zero-order valence-electron chi connectivity index (χ0n) is 15.2. The summed E-state index contributed by atoms with van der Waals surface area (Å²) in [6.07, 6.45) is 0.480. The van der Waals surface area contributed by atoms with Crippen LogP contribution in [0.4, 0.5) is 5.69 Å². The van der Waals surface area contributed by atoms with Crippen molar-refractivity contribution in [2.75, 3.05) is 19.4 Å². The summed E-state index contributed by atoms with van der Waals surface area (Å²) in [7, 11) is 4.16. The van der Waals surface area contributed by atoms with Crippen LogP contribution in [0.1, 0.15) is 31.9 Å². The molecule has 1 atom stereocenters. The molecule has 0 fully saturated rings. The number of nitrogens with zero attached hydrogens (tertiary/aromatic N) is 1. The van der Waals surface area contributed by atoms with Gasteiger partial charge in [-0.1, -0.05) is 49.4 Å². The summed E-state index contributed by atoms with van der Waals surface area (Å²) in [5, 5.41) is 9.86. The van der Waals surface area contributed by atoms with Gasteiger partial charge in [0.25, 0.3) is 6.47 Å². The smallest absolute Gasteiger partial charge is 0.290 e. The van der Waals surface area contributed by atoms with Gasteiger partial charge in [0.15, 0.2) is 0 Å². The van der Waals surface area contributed by atoms with E-state index in [1.807, 2.05) is 31.2 Å². The second kappa shape index (κ2) is 10.3. The predicted octanol–water partition coefficient (Wildman–Crippen LogP) is 4.03. The Balaban J connectivity index is 0.000000970. The summed E-state index contributed by atoms with van der Waals surface area (Å²) in [4.78, 5) is 22.2. The lowest BCUT2D eigenvalue weighted by molar-refractivity contribution is -0.123. The van der Waals surface area contributed by atoms with Crippen LogP contribution in [-0.2, 0) is 9.59 Å². The van der Waals surface area contributed by atoms with E-state index in [-0.39, 0.29) is 12.4 Å². The molecule has 2 aromatic carbocycles. The van der Waals surface area contributed by atoms with Gasteiger partial charge in [-0.3, -0.25) is 9.59 Å². The molecular weight excluding hydrogens is 316 g/mol. The van der Waals surface area contributed by atoms with Crippen molar-refractivity contribution in [3.63, 3.8) is 0 Å². The fourth-order valence-electron chi connectivity index (χ4n) is 2.32. The molecular formula is C20H26N2O3. The molecule has 25 heavy (non-hydrogen) atoms. The molecule has 2 aromatic rings. The SMILES string of the molecule is CCC(=O)Nc1ccccc1-c1ccc(C(C)N(C)C)cc1.O=CO. The number of anilines is 1. The van der Waals surface area contributed by atoms with Gasteiger partial charge < -0.3 is 15.3 Å². The van der Waals surface area contributed by atoms with Crippen LogP contribution >= 0.6 is 0 Å². The minimum Gasteiger partial charge on any atom is -0.483 e. The van der Waals surface area contributed by atoms with Crippen LogP contribution in [-0.4, -0.2) is 36.5 Å². The lowest BCUT2D eigenvalue weighted by atomic mass is 9.99. The first-order valence-electron chi connectivity index (χ1n) is 8.18. The maximum Gasteiger partial charge on any atom is 0.290 e. The van der Waals surface area contributed by atoms with Crippen LogP contribution in [0.15, 0.2) is 48.5 Å². The molecule has 0 heterocycles. The molecule has 0 spiro atoms. The Bertz CT molecular complexity index is 682. The number of carbonyl (C=O) groups is 2. The molecule has 1 unspecified atom stereocenters. The Hall–Kier alpha value is -2.66. The number of amides is 1. The summed E-state index contributed by atoms with van der Waals surface area (Å²) in [6, 6.07) is 16.8. The molecule has 0 bridgehead atoms. The number of hydrogen-bond acceptors (Lipinski definition) is 3. The van der Waals surface area contributed by atoms with Gasteiger partial charge in [-0.15, -0.1) is 0 Å². The van der Waals surface area contributed by atoms with E-state index in [4.69, 9.17) is 9.90 Å². The van der Waals surface area contributed by atoms with Gasteiger partial charge >= 0.3 is 0 Å². The van der Waals surface area contributed by atoms with Gasteiger partial charge in [0, 0.05) is 23.7 Å². The summed E-state index contributed by atoms with van der Waals surface area (Å²) in [6.45, 7) is 3.79. The molecule has 0 aliphatic heterocycles. The molecule has 0 saturated carbocycles. The fourth-order valence-corrected chi connectivity index (χ4v) is 2.32. The molecule has 5 heteroatoms. The molecule has 5 nitrogen and oxygen atoms in total. The average molecular weight is 342 g/mol. The molecule has 0 aromatic heterocycles. The van der Waals surface area contributed by atoms with Gasteiger partial charge in [-0.2, -0.15) is 0 Å². The number of para-hydroxylation sites is 1. The van der Waals surface area contributed by atoms with Crippen molar-refractivity contribution in [2.24, 2.45) is 0 Å². The maximum absolute atomic E-state index is 11.7. The monoisotopic (exact) mass is 342 g/mol. The van der Waals surface area contributed by atoms with E-state index < -0.39 is 0 Å². The maximum atomic E-state index is 11.7. The van der Waals surface area contributed by atoms with E-state index in [1.165, 1.54) is 5.56 Å². The molecule has 134 valence electrons. The topological polar surface area (TPSA) is 69.6 Å². The first kappa shape index (κ1) is 20.4. The third kappa shape index (κ3) is 6.04. The van der Waals surface area contributed by atoms with Crippen LogP contribution in [0.25, 0.3) is 11.1 Å². The highest BCUT2D eigenvalue weighted by molar-refractivity contribution is 5.95. The Morgan fingerprint density at radius 2 is 1.72 bits per heavy atom. The third-order valence-electron chi connectivity index (χ3n) is 4.00. The number of carboxylic acid groups (broad SMARTS) is 1. The number of carbonyl (C=O) groups excluding carboxylic acids is 1. The van der Waals surface area contributed by atoms with E-state index in [2.05, 4.69) is 55.5 Å². The lowest BCUT2D eigenvalue weighted by Gasteiger charge is -2.20. The zero-order chi connectivity index (χ0) is 18.8. The molecule has 0 aliphatic rings. The highest BCUT2D eigenvalue weighted by Gasteiger charge is 2.10. The molecule has 1 amide bonds. The van der Waals surface area contributed by atoms with Crippen molar-refractivity contribution in [2.45, 2.75) is 26.3 Å².